The van der Waals surface area contributed by atoms with Gasteiger partial charge in [0.1, 0.15) is 0 Å². The second-order valence-electron chi connectivity index (χ2n) is 7.06. The molecule has 5 nitrogen and oxygen atoms in total. The summed E-state index contributed by atoms with van der Waals surface area (Å²) in [5.41, 5.74) is 0. The Kier molecular flexibility index (Phi) is 4.04. The van der Waals surface area contributed by atoms with E-state index < -0.39 is 10.0 Å². The smallest absolute Gasteiger partial charge is 0.243 e. The summed E-state index contributed by atoms with van der Waals surface area (Å²) in [6.07, 6.45) is 0.967. The topological polar surface area (TPSA) is 57.7 Å². The van der Waals surface area contributed by atoms with E-state index >= 15 is 0 Å². The van der Waals surface area contributed by atoms with E-state index in [1.54, 1.807) is 12.1 Å². The molecule has 1 aliphatic heterocycles. The molecule has 0 radical (unpaired) electrons. The highest BCUT2D eigenvalue weighted by Crippen LogP contribution is 2.39. The number of fused-ring (bicyclic) bond motifs is 1. The first-order valence-electron chi connectivity index (χ1n) is 8.74. The number of amides is 1. The van der Waals surface area contributed by atoms with Gasteiger partial charge in [-0.3, -0.25) is 4.79 Å². The molecule has 1 aliphatic carbocycles. The van der Waals surface area contributed by atoms with Crippen LogP contribution in [0.4, 0.5) is 0 Å². The van der Waals surface area contributed by atoms with Gasteiger partial charge in [0.15, 0.2) is 0 Å². The highest BCUT2D eigenvalue weighted by Gasteiger charge is 2.42. The Balaban J connectivity index is 1.50. The average molecular weight is 358 g/mol. The molecular weight excluding hydrogens is 336 g/mol. The molecule has 132 valence electrons. The molecule has 2 aromatic carbocycles. The lowest BCUT2D eigenvalue weighted by Crippen LogP contribution is -2.51. The fraction of sp³-hybridized carbons (Fsp3) is 0.421. The van der Waals surface area contributed by atoms with Crippen molar-refractivity contribution in [2.75, 3.05) is 26.2 Å². The van der Waals surface area contributed by atoms with Crippen LogP contribution in [0.3, 0.4) is 0 Å². The monoisotopic (exact) mass is 358 g/mol. The van der Waals surface area contributed by atoms with Crippen molar-refractivity contribution >= 4 is 26.7 Å². The van der Waals surface area contributed by atoms with Crippen LogP contribution in [0.2, 0.25) is 0 Å². The number of sulfonamides is 1. The maximum atomic E-state index is 12.9. The maximum Gasteiger partial charge on any atom is 0.243 e. The van der Waals surface area contributed by atoms with Gasteiger partial charge in [-0.05, 0) is 35.2 Å². The molecule has 2 fully saturated rings. The molecule has 0 aromatic heterocycles. The molecule has 25 heavy (non-hydrogen) atoms. The fourth-order valence-corrected chi connectivity index (χ4v) is 4.98. The van der Waals surface area contributed by atoms with E-state index in [9.17, 15) is 13.2 Å². The molecule has 0 N–H and O–H groups in total. The second kappa shape index (κ2) is 6.11. The van der Waals surface area contributed by atoms with Crippen LogP contribution >= 0.6 is 0 Å². The summed E-state index contributed by atoms with van der Waals surface area (Å²) >= 11 is 0. The van der Waals surface area contributed by atoms with Gasteiger partial charge in [0.05, 0.1) is 4.90 Å². The van der Waals surface area contributed by atoms with Gasteiger partial charge < -0.3 is 4.90 Å². The lowest BCUT2D eigenvalue weighted by atomic mass is 10.1. The quantitative estimate of drug-likeness (QED) is 0.846. The van der Waals surface area contributed by atoms with E-state index in [1.165, 1.54) is 4.31 Å². The summed E-state index contributed by atoms with van der Waals surface area (Å²) in [5.74, 6) is 0.825. The Morgan fingerprint density at radius 3 is 2.28 bits per heavy atom. The van der Waals surface area contributed by atoms with Gasteiger partial charge in [0.2, 0.25) is 15.9 Å². The molecule has 1 saturated carbocycles. The van der Waals surface area contributed by atoms with Crippen LogP contribution in [-0.4, -0.2) is 49.7 Å². The predicted molar refractivity (Wildman–Crippen MR) is 96.6 cm³/mol. The standard InChI is InChI=1S/C19H22N2O3S/c1-14-12-18(14)19(22)20-8-10-21(11-9-20)25(23,24)17-7-6-15-4-2-3-5-16(15)13-17/h2-7,13-14,18H,8-12H2,1H3/t14-,18+/m0/s1. The minimum atomic E-state index is -3.52. The van der Waals surface area contributed by atoms with E-state index in [4.69, 9.17) is 0 Å². The molecule has 6 heteroatoms. The summed E-state index contributed by atoms with van der Waals surface area (Å²) in [6.45, 7) is 3.77. The summed E-state index contributed by atoms with van der Waals surface area (Å²) in [4.78, 5) is 14.4. The van der Waals surface area contributed by atoms with Gasteiger partial charge in [-0.1, -0.05) is 37.3 Å². The van der Waals surface area contributed by atoms with Crippen LogP contribution in [0.1, 0.15) is 13.3 Å². The molecule has 1 saturated heterocycles. The largest absolute Gasteiger partial charge is 0.340 e. The molecule has 2 aromatic rings. The summed E-state index contributed by atoms with van der Waals surface area (Å²) in [7, 11) is -3.52. The highest BCUT2D eigenvalue weighted by molar-refractivity contribution is 7.89. The van der Waals surface area contributed by atoms with Crippen LogP contribution < -0.4 is 0 Å². The van der Waals surface area contributed by atoms with Gasteiger partial charge in [-0.15, -0.1) is 0 Å². The molecule has 0 unspecified atom stereocenters. The van der Waals surface area contributed by atoms with E-state index in [0.717, 1.165) is 17.2 Å². The zero-order chi connectivity index (χ0) is 17.6. The fourth-order valence-electron chi connectivity index (χ4n) is 3.53. The third-order valence-corrected chi connectivity index (χ3v) is 7.23. The number of piperazine rings is 1. The van der Waals surface area contributed by atoms with E-state index in [0.29, 0.717) is 37.0 Å². The van der Waals surface area contributed by atoms with E-state index in [2.05, 4.69) is 6.92 Å². The number of hydrogen-bond donors (Lipinski definition) is 0. The Labute approximate surface area is 148 Å². The van der Waals surface area contributed by atoms with Crippen molar-refractivity contribution in [2.24, 2.45) is 11.8 Å². The van der Waals surface area contributed by atoms with Gasteiger partial charge in [-0.25, -0.2) is 8.42 Å². The number of benzene rings is 2. The zero-order valence-corrected chi connectivity index (χ0v) is 15.1. The number of hydrogen-bond acceptors (Lipinski definition) is 3. The summed E-state index contributed by atoms with van der Waals surface area (Å²) in [6, 6.07) is 13.0. The summed E-state index contributed by atoms with van der Waals surface area (Å²) < 4.78 is 27.4. The number of carbonyl (C=O) groups excluding carboxylic acids is 1. The predicted octanol–water partition coefficient (Wildman–Crippen LogP) is 2.33. The van der Waals surface area contributed by atoms with Crippen LogP contribution in [0.15, 0.2) is 47.4 Å². The van der Waals surface area contributed by atoms with Crippen molar-refractivity contribution < 1.29 is 13.2 Å². The Hall–Kier alpha value is -1.92. The van der Waals surface area contributed by atoms with Crippen molar-refractivity contribution in [1.29, 1.82) is 0 Å². The zero-order valence-electron chi connectivity index (χ0n) is 14.3. The van der Waals surface area contributed by atoms with Gasteiger partial charge >= 0.3 is 0 Å². The molecule has 4 rings (SSSR count). The maximum absolute atomic E-state index is 12.9. The van der Waals surface area contributed by atoms with Crippen LogP contribution in [0, 0.1) is 11.8 Å². The molecule has 2 atom stereocenters. The number of carbonyl (C=O) groups is 1. The van der Waals surface area contributed by atoms with E-state index in [-0.39, 0.29) is 11.8 Å². The SMILES string of the molecule is C[C@H]1C[C@H]1C(=O)N1CCN(S(=O)(=O)c2ccc3ccccc3c2)CC1. The molecule has 0 bridgehead atoms. The van der Waals surface area contributed by atoms with Gasteiger partial charge in [-0.2, -0.15) is 4.31 Å². The van der Waals surface area contributed by atoms with Gasteiger partial charge in [0.25, 0.3) is 0 Å². The first kappa shape index (κ1) is 16.5. The third-order valence-electron chi connectivity index (χ3n) is 5.34. The minimum absolute atomic E-state index is 0.156. The molecular formula is C19H22N2O3S. The van der Waals surface area contributed by atoms with Gasteiger partial charge in [0, 0.05) is 32.1 Å². The Morgan fingerprint density at radius 1 is 1.00 bits per heavy atom. The van der Waals surface area contributed by atoms with Crippen molar-refractivity contribution in [3.8, 4) is 0 Å². The summed E-state index contributed by atoms with van der Waals surface area (Å²) in [5, 5.41) is 1.94. The third kappa shape index (κ3) is 3.04. The normalized spacial score (nSPS) is 24.4. The highest BCUT2D eigenvalue weighted by atomic mass is 32.2. The van der Waals surface area contributed by atoms with E-state index in [1.807, 2.05) is 35.2 Å². The number of nitrogens with zero attached hydrogens (tertiary/aromatic N) is 2. The lowest BCUT2D eigenvalue weighted by Gasteiger charge is -2.34. The average Bonchev–Trinajstić information content (AvgIpc) is 3.37. The van der Waals surface area contributed by atoms with Crippen molar-refractivity contribution in [2.45, 2.75) is 18.2 Å². The van der Waals surface area contributed by atoms with Crippen molar-refractivity contribution in [3.05, 3.63) is 42.5 Å². The number of rotatable bonds is 3. The van der Waals surface area contributed by atoms with Crippen LogP contribution in [0.25, 0.3) is 10.8 Å². The Morgan fingerprint density at radius 2 is 1.64 bits per heavy atom. The lowest BCUT2D eigenvalue weighted by molar-refractivity contribution is -0.134. The first-order chi connectivity index (χ1) is 12.0. The molecule has 0 spiro atoms. The van der Waals surface area contributed by atoms with Crippen molar-refractivity contribution in [1.82, 2.24) is 9.21 Å². The van der Waals surface area contributed by atoms with Crippen molar-refractivity contribution in [3.63, 3.8) is 0 Å². The molecule has 1 heterocycles. The molecule has 2 aliphatic rings. The second-order valence-corrected chi connectivity index (χ2v) is 9.00. The Bertz CT molecular complexity index is 917. The van der Waals surface area contributed by atoms with Crippen LogP contribution in [-0.2, 0) is 14.8 Å². The van der Waals surface area contributed by atoms with Crippen LogP contribution in [0.5, 0.6) is 0 Å². The minimum Gasteiger partial charge on any atom is -0.340 e. The molecule has 1 amide bonds. The first-order valence-corrected chi connectivity index (χ1v) is 10.2.